The van der Waals surface area contributed by atoms with Crippen LogP contribution in [0.15, 0.2) is 24.3 Å². The maximum Gasteiger partial charge on any atom is 0.0954 e. The molecule has 4 nitrogen and oxygen atoms in total. The first-order valence-electron chi connectivity index (χ1n) is 6.71. The third kappa shape index (κ3) is 4.24. The van der Waals surface area contributed by atoms with E-state index in [1.807, 2.05) is 18.2 Å². The predicted octanol–water partition coefficient (Wildman–Crippen LogP) is 2.49. The molecule has 0 saturated carbocycles. The lowest BCUT2D eigenvalue weighted by atomic mass is 10.1. The molecule has 1 aromatic heterocycles. The van der Waals surface area contributed by atoms with Crippen molar-refractivity contribution in [3.63, 3.8) is 0 Å². The molecule has 104 valence electrons. The Hall–Kier alpha value is -1.01. The first kappa shape index (κ1) is 14.4. The molecule has 1 aromatic carbocycles. The molecule has 1 unspecified atom stereocenters. The Labute approximate surface area is 118 Å². The fraction of sp³-hybridized carbons (Fsp3) is 0.500. The van der Waals surface area contributed by atoms with Gasteiger partial charge in [0, 0.05) is 25.7 Å². The van der Waals surface area contributed by atoms with Crippen LogP contribution in [0.4, 0.5) is 0 Å². The second-order valence-corrected chi connectivity index (χ2v) is 5.66. The molecule has 0 aliphatic rings. The topological polar surface area (TPSA) is 60.2 Å². The SMILES string of the molecule is CCCOCCC(Cc1nc2ccccc2s1)NN. The highest BCUT2D eigenvalue weighted by Gasteiger charge is 2.11. The van der Waals surface area contributed by atoms with Crippen molar-refractivity contribution in [1.82, 2.24) is 10.4 Å². The second kappa shape index (κ2) is 7.55. The predicted molar refractivity (Wildman–Crippen MR) is 80.2 cm³/mol. The molecule has 0 radical (unpaired) electrons. The first-order valence-corrected chi connectivity index (χ1v) is 7.53. The van der Waals surface area contributed by atoms with Gasteiger partial charge < -0.3 is 4.74 Å². The summed E-state index contributed by atoms with van der Waals surface area (Å²) < 4.78 is 6.73. The van der Waals surface area contributed by atoms with E-state index < -0.39 is 0 Å². The van der Waals surface area contributed by atoms with Crippen LogP contribution in [0, 0.1) is 0 Å². The number of hydrogen-bond acceptors (Lipinski definition) is 5. The van der Waals surface area contributed by atoms with Crippen LogP contribution in [-0.4, -0.2) is 24.2 Å². The molecule has 2 rings (SSSR count). The number of nitrogens with two attached hydrogens (primary N) is 1. The van der Waals surface area contributed by atoms with Gasteiger partial charge in [-0.1, -0.05) is 19.1 Å². The molecule has 1 heterocycles. The van der Waals surface area contributed by atoms with Crippen LogP contribution in [0.5, 0.6) is 0 Å². The highest BCUT2D eigenvalue weighted by molar-refractivity contribution is 7.18. The highest BCUT2D eigenvalue weighted by atomic mass is 32.1. The molecule has 0 saturated heterocycles. The van der Waals surface area contributed by atoms with Gasteiger partial charge in [0.15, 0.2) is 0 Å². The molecule has 5 heteroatoms. The molecule has 3 N–H and O–H groups in total. The molecule has 0 fully saturated rings. The minimum atomic E-state index is 0.220. The minimum Gasteiger partial charge on any atom is -0.381 e. The number of hydrogen-bond donors (Lipinski definition) is 2. The van der Waals surface area contributed by atoms with Gasteiger partial charge in [-0.2, -0.15) is 0 Å². The van der Waals surface area contributed by atoms with Crippen molar-refractivity contribution in [3.8, 4) is 0 Å². The van der Waals surface area contributed by atoms with Gasteiger partial charge in [0.25, 0.3) is 0 Å². The number of fused-ring (bicyclic) bond motifs is 1. The van der Waals surface area contributed by atoms with Gasteiger partial charge in [-0.15, -0.1) is 11.3 Å². The zero-order chi connectivity index (χ0) is 13.5. The Kier molecular flexibility index (Phi) is 5.72. The smallest absolute Gasteiger partial charge is 0.0954 e. The Balaban J connectivity index is 1.90. The maximum atomic E-state index is 5.60. The molecule has 0 aliphatic heterocycles. The number of benzene rings is 1. The molecule has 0 spiro atoms. The maximum absolute atomic E-state index is 5.60. The summed E-state index contributed by atoms with van der Waals surface area (Å²) in [6.07, 6.45) is 2.82. The number of rotatable bonds is 8. The van der Waals surface area contributed by atoms with E-state index in [9.17, 15) is 0 Å². The highest BCUT2D eigenvalue weighted by Crippen LogP contribution is 2.22. The molecular weight excluding hydrogens is 258 g/mol. The van der Waals surface area contributed by atoms with Crippen LogP contribution in [0.25, 0.3) is 10.2 Å². The third-order valence-corrected chi connectivity index (χ3v) is 4.01. The van der Waals surface area contributed by atoms with E-state index in [0.717, 1.165) is 43.0 Å². The van der Waals surface area contributed by atoms with E-state index in [1.54, 1.807) is 11.3 Å². The van der Waals surface area contributed by atoms with Gasteiger partial charge in [-0.05, 0) is 25.0 Å². The number of para-hydroxylation sites is 1. The van der Waals surface area contributed by atoms with E-state index in [1.165, 1.54) is 4.70 Å². The van der Waals surface area contributed by atoms with E-state index >= 15 is 0 Å². The van der Waals surface area contributed by atoms with Gasteiger partial charge in [0.2, 0.25) is 0 Å². The number of nitrogens with one attached hydrogen (secondary N) is 1. The number of aromatic nitrogens is 1. The summed E-state index contributed by atoms with van der Waals surface area (Å²) in [7, 11) is 0. The van der Waals surface area contributed by atoms with Gasteiger partial charge in [-0.25, -0.2) is 4.98 Å². The Morgan fingerprint density at radius 1 is 1.37 bits per heavy atom. The fourth-order valence-corrected chi connectivity index (χ4v) is 2.98. The van der Waals surface area contributed by atoms with Gasteiger partial charge >= 0.3 is 0 Å². The summed E-state index contributed by atoms with van der Waals surface area (Å²) in [6, 6.07) is 8.43. The molecule has 0 amide bonds. The third-order valence-electron chi connectivity index (χ3n) is 2.95. The monoisotopic (exact) mass is 279 g/mol. The average molecular weight is 279 g/mol. The zero-order valence-corrected chi connectivity index (χ0v) is 12.1. The van der Waals surface area contributed by atoms with Crippen molar-refractivity contribution < 1.29 is 4.74 Å². The fourth-order valence-electron chi connectivity index (χ4n) is 1.93. The Morgan fingerprint density at radius 2 is 2.21 bits per heavy atom. The average Bonchev–Trinajstić information content (AvgIpc) is 2.84. The molecule has 2 aromatic rings. The number of nitrogens with zero attached hydrogens (tertiary/aromatic N) is 1. The summed E-state index contributed by atoms with van der Waals surface area (Å²) in [5.74, 6) is 5.60. The van der Waals surface area contributed by atoms with E-state index in [-0.39, 0.29) is 6.04 Å². The van der Waals surface area contributed by atoms with Gasteiger partial charge in [0.05, 0.1) is 15.2 Å². The summed E-state index contributed by atoms with van der Waals surface area (Å²) >= 11 is 1.74. The Morgan fingerprint density at radius 3 is 2.95 bits per heavy atom. The first-order chi connectivity index (χ1) is 9.33. The van der Waals surface area contributed by atoms with E-state index in [0.29, 0.717) is 0 Å². The largest absolute Gasteiger partial charge is 0.381 e. The minimum absolute atomic E-state index is 0.220. The normalized spacial score (nSPS) is 12.9. The van der Waals surface area contributed by atoms with E-state index in [4.69, 9.17) is 10.6 Å². The van der Waals surface area contributed by atoms with Crippen LogP contribution in [-0.2, 0) is 11.2 Å². The lowest BCUT2D eigenvalue weighted by Crippen LogP contribution is -2.37. The Bertz CT molecular complexity index is 467. The zero-order valence-electron chi connectivity index (χ0n) is 11.3. The number of ether oxygens (including phenoxy) is 1. The summed E-state index contributed by atoms with van der Waals surface area (Å²) in [5, 5.41) is 1.12. The molecule has 0 aliphatic carbocycles. The van der Waals surface area contributed by atoms with Crippen LogP contribution >= 0.6 is 11.3 Å². The van der Waals surface area contributed by atoms with Crippen molar-refractivity contribution in [1.29, 1.82) is 0 Å². The number of hydrazine groups is 1. The summed E-state index contributed by atoms with van der Waals surface area (Å²) in [4.78, 5) is 4.63. The van der Waals surface area contributed by atoms with Crippen LogP contribution in [0.2, 0.25) is 0 Å². The second-order valence-electron chi connectivity index (χ2n) is 4.54. The van der Waals surface area contributed by atoms with Crippen LogP contribution in [0.1, 0.15) is 24.8 Å². The quantitative estimate of drug-likeness (QED) is 0.443. The van der Waals surface area contributed by atoms with Crippen molar-refractivity contribution >= 4 is 21.6 Å². The standard InChI is InChI=1S/C14H21N3OS/c1-2-8-18-9-7-11(17-15)10-14-16-12-5-3-4-6-13(12)19-14/h3-6,11,17H,2,7-10,15H2,1H3. The van der Waals surface area contributed by atoms with Crippen molar-refractivity contribution in [2.24, 2.45) is 5.84 Å². The molecule has 0 bridgehead atoms. The lowest BCUT2D eigenvalue weighted by molar-refractivity contribution is 0.124. The molecule has 1 atom stereocenters. The molecule has 19 heavy (non-hydrogen) atoms. The van der Waals surface area contributed by atoms with Crippen LogP contribution < -0.4 is 11.3 Å². The van der Waals surface area contributed by atoms with Crippen LogP contribution in [0.3, 0.4) is 0 Å². The van der Waals surface area contributed by atoms with Crippen molar-refractivity contribution in [3.05, 3.63) is 29.3 Å². The summed E-state index contributed by atoms with van der Waals surface area (Å²) in [5.41, 5.74) is 3.93. The van der Waals surface area contributed by atoms with Crippen molar-refractivity contribution in [2.75, 3.05) is 13.2 Å². The summed E-state index contributed by atoms with van der Waals surface area (Å²) in [6.45, 7) is 3.67. The van der Waals surface area contributed by atoms with Gasteiger partial charge in [-0.3, -0.25) is 11.3 Å². The number of thiazole rings is 1. The molecular formula is C14H21N3OS. The lowest BCUT2D eigenvalue weighted by Gasteiger charge is -2.14. The van der Waals surface area contributed by atoms with E-state index in [2.05, 4.69) is 23.4 Å². The van der Waals surface area contributed by atoms with Crippen molar-refractivity contribution in [2.45, 2.75) is 32.2 Å². The van der Waals surface area contributed by atoms with Gasteiger partial charge in [0.1, 0.15) is 0 Å².